The highest BCUT2D eigenvalue weighted by molar-refractivity contribution is 5.95. The molecule has 0 aliphatic carbocycles. The van der Waals surface area contributed by atoms with Crippen molar-refractivity contribution in [3.05, 3.63) is 71.6 Å². The average molecular weight is 362 g/mol. The van der Waals surface area contributed by atoms with Gasteiger partial charge in [0, 0.05) is 57.7 Å². The number of amides is 1. The van der Waals surface area contributed by atoms with Crippen molar-refractivity contribution in [3.8, 4) is 0 Å². The van der Waals surface area contributed by atoms with Crippen LogP contribution in [0, 0.1) is 6.92 Å². The van der Waals surface area contributed by atoms with Gasteiger partial charge in [-0.25, -0.2) is 9.97 Å². The number of fused-ring (bicyclic) bond motifs is 1. The van der Waals surface area contributed by atoms with Crippen molar-refractivity contribution in [1.82, 2.24) is 24.4 Å². The van der Waals surface area contributed by atoms with Crippen LogP contribution in [0.25, 0.3) is 0 Å². The summed E-state index contributed by atoms with van der Waals surface area (Å²) in [5, 5.41) is 0. The van der Waals surface area contributed by atoms with Gasteiger partial charge in [0.05, 0.1) is 17.3 Å². The second-order valence-electron chi connectivity index (χ2n) is 6.88. The number of pyridine rings is 1. The normalized spacial score (nSPS) is 16.1. The Labute approximate surface area is 158 Å². The fraction of sp³-hybridized carbons (Fsp3) is 0.300. The molecule has 1 atom stereocenters. The zero-order valence-electron chi connectivity index (χ0n) is 15.7. The van der Waals surface area contributed by atoms with Crippen LogP contribution >= 0.6 is 0 Å². The maximum atomic E-state index is 13.4. The van der Waals surface area contributed by atoms with Crippen molar-refractivity contribution < 1.29 is 4.79 Å². The first-order valence-corrected chi connectivity index (χ1v) is 8.93. The minimum absolute atomic E-state index is 0.0564. The number of aromatic nitrogens is 4. The van der Waals surface area contributed by atoms with E-state index >= 15 is 0 Å². The molecule has 0 saturated heterocycles. The topological polar surface area (TPSA) is 67.2 Å². The van der Waals surface area contributed by atoms with E-state index in [2.05, 4.69) is 31.8 Å². The molecule has 1 amide bonds. The van der Waals surface area contributed by atoms with E-state index in [0.717, 1.165) is 17.8 Å². The predicted molar refractivity (Wildman–Crippen MR) is 103 cm³/mol. The molecular weight excluding hydrogens is 340 g/mol. The molecule has 0 fully saturated rings. The lowest BCUT2D eigenvalue weighted by Gasteiger charge is -2.37. The van der Waals surface area contributed by atoms with E-state index in [1.165, 1.54) is 0 Å². The molecule has 0 aromatic carbocycles. The van der Waals surface area contributed by atoms with Crippen LogP contribution in [0.1, 0.15) is 33.4 Å². The van der Waals surface area contributed by atoms with Crippen LogP contribution < -0.4 is 4.90 Å². The van der Waals surface area contributed by atoms with Crippen molar-refractivity contribution in [2.24, 2.45) is 0 Å². The van der Waals surface area contributed by atoms with E-state index in [9.17, 15) is 4.79 Å². The minimum atomic E-state index is -0.178. The average Bonchev–Trinajstić information content (AvgIpc) is 3.16. The molecule has 1 aliphatic heterocycles. The molecule has 27 heavy (non-hydrogen) atoms. The van der Waals surface area contributed by atoms with Gasteiger partial charge in [-0.15, -0.1) is 0 Å². The third kappa shape index (κ3) is 3.05. The van der Waals surface area contributed by atoms with Crippen LogP contribution in [-0.4, -0.2) is 51.0 Å². The molecule has 0 spiro atoms. The summed E-state index contributed by atoms with van der Waals surface area (Å²) in [5.74, 6) is 0.541. The summed E-state index contributed by atoms with van der Waals surface area (Å²) in [6, 6.07) is 7.82. The Morgan fingerprint density at radius 2 is 2.04 bits per heavy atom. The number of carbonyl (C=O) groups is 1. The number of carbonyl (C=O) groups excluding carboxylic acids is 1. The van der Waals surface area contributed by atoms with Crippen LogP contribution in [0.2, 0.25) is 0 Å². The van der Waals surface area contributed by atoms with E-state index in [1.807, 2.05) is 55.2 Å². The molecule has 0 bridgehead atoms. The zero-order valence-corrected chi connectivity index (χ0v) is 15.7. The van der Waals surface area contributed by atoms with Crippen molar-refractivity contribution in [2.75, 3.05) is 25.5 Å². The molecule has 0 N–H and O–H groups in total. The summed E-state index contributed by atoms with van der Waals surface area (Å²) in [7, 11) is 3.76. The summed E-state index contributed by atoms with van der Waals surface area (Å²) in [6.07, 6.45) is 7.26. The zero-order chi connectivity index (χ0) is 19.0. The Kier molecular flexibility index (Phi) is 4.35. The summed E-state index contributed by atoms with van der Waals surface area (Å²) >= 11 is 0. The van der Waals surface area contributed by atoms with Gasteiger partial charge < -0.3 is 14.4 Å². The van der Waals surface area contributed by atoms with E-state index in [4.69, 9.17) is 0 Å². The molecule has 4 heterocycles. The maximum Gasteiger partial charge on any atom is 0.258 e. The standard InChI is InChI=1S/C20H22N6O/c1-14-16(13-22-20(23-14)24(2)3)19(27)26-11-10-25-9-5-7-17(25)18(26)15-6-4-8-21-12-15/h4-9,12-13,18H,10-11H2,1-3H3. The molecule has 1 unspecified atom stereocenters. The third-order valence-corrected chi connectivity index (χ3v) is 4.90. The summed E-state index contributed by atoms with van der Waals surface area (Å²) in [6.45, 7) is 3.24. The number of anilines is 1. The molecule has 0 saturated carbocycles. The van der Waals surface area contributed by atoms with Crippen LogP contribution in [-0.2, 0) is 6.54 Å². The second-order valence-corrected chi connectivity index (χ2v) is 6.88. The van der Waals surface area contributed by atoms with Gasteiger partial charge in [0.15, 0.2) is 0 Å². The van der Waals surface area contributed by atoms with Crippen molar-refractivity contribution in [1.29, 1.82) is 0 Å². The predicted octanol–water partition coefficient (Wildman–Crippen LogP) is 2.29. The quantitative estimate of drug-likeness (QED) is 0.715. The number of rotatable bonds is 3. The van der Waals surface area contributed by atoms with Crippen LogP contribution in [0.4, 0.5) is 5.95 Å². The van der Waals surface area contributed by atoms with E-state index < -0.39 is 0 Å². The molecule has 1 aliphatic rings. The van der Waals surface area contributed by atoms with Crippen molar-refractivity contribution in [3.63, 3.8) is 0 Å². The van der Waals surface area contributed by atoms with Crippen LogP contribution in [0.3, 0.4) is 0 Å². The first kappa shape index (κ1) is 17.2. The smallest absolute Gasteiger partial charge is 0.258 e. The molecule has 138 valence electrons. The summed E-state index contributed by atoms with van der Waals surface area (Å²) < 4.78 is 2.19. The number of aryl methyl sites for hydroxylation is 1. The molecular formula is C20H22N6O. The summed E-state index contributed by atoms with van der Waals surface area (Å²) in [4.78, 5) is 30.2. The molecule has 7 nitrogen and oxygen atoms in total. The Balaban J connectivity index is 1.75. The van der Waals surface area contributed by atoms with Gasteiger partial charge >= 0.3 is 0 Å². The Morgan fingerprint density at radius 1 is 1.19 bits per heavy atom. The lowest BCUT2D eigenvalue weighted by Crippen LogP contribution is -2.42. The first-order valence-electron chi connectivity index (χ1n) is 8.93. The molecule has 3 aromatic rings. The molecule has 0 radical (unpaired) electrons. The number of nitrogens with zero attached hydrogens (tertiary/aromatic N) is 6. The lowest BCUT2D eigenvalue weighted by atomic mass is 10.0. The fourth-order valence-electron chi connectivity index (χ4n) is 3.53. The second kappa shape index (κ2) is 6.83. The Morgan fingerprint density at radius 3 is 2.74 bits per heavy atom. The van der Waals surface area contributed by atoms with E-state index in [-0.39, 0.29) is 11.9 Å². The number of hydrogen-bond donors (Lipinski definition) is 0. The van der Waals surface area contributed by atoms with Gasteiger partial charge in [0.25, 0.3) is 5.91 Å². The number of hydrogen-bond acceptors (Lipinski definition) is 5. The van der Waals surface area contributed by atoms with Gasteiger partial charge in [-0.3, -0.25) is 9.78 Å². The Bertz CT molecular complexity index is 966. The monoisotopic (exact) mass is 362 g/mol. The molecule has 7 heteroatoms. The fourth-order valence-corrected chi connectivity index (χ4v) is 3.53. The van der Waals surface area contributed by atoms with Gasteiger partial charge in [0.1, 0.15) is 0 Å². The van der Waals surface area contributed by atoms with E-state index in [1.54, 1.807) is 12.4 Å². The largest absolute Gasteiger partial charge is 0.348 e. The highest BCUT2D eigenvalue weighted by Crippen LogP contribution is 2.33. The van der Waals surface area contributed by atoms with Crippen LogP contribution in [0.5, 0.6) is 0 Å². The first-order chi connectivity index (χ1) is 13.1. The van der Waals surface area contributed by atoms with Crippen molar-refractivity contribution in [2.45, 2.75) is 19.5 Å². The molecule has 3 aromatic heterocycles. The van der Waals surface area contributed by atoms with Gasteiger partial charge in [-0.2, -0.15) is 0 Å². The van der Waals surface area contributed by atoms with Gasteiger partial charge in [-0.1, -0.05) is 6.07 Å². The minimum Gasteiger partial charge on any atom is -0.348 e. The molecule has 4 rings (SSSR count). The highest BCUT2D eigenvalue weighted by atomic mass is 16.2. The maximum absolute atomic E-state index is 13.4. The summed E-state index contributed by atoms with van der Waals surface area (Å²) in [5.41, 5.74) is 3.30. The third-order valence-electron chi connectivity index (χ3n) is 4.90. The van der Waals surface area contributed by atoms with Gasteiger partial charge in [0.2, 0.25) is 5.95 Å². The Hall–Kier alpha value is -3.22. The van der Waals surface area contributed by atoms with E-state index in [0.29, 0.717) is 23.8 Å². The van der Waals surface area contributed by atoms with Crippen LogP contribution in [0.15, 0.2) is 49.1 Å². The van der Waals surface area contributed by atoms with Crippen molar-refractivity contribution >= 4 is 11.9 Å². The SMILES string of the molecule is Cc1nc(N(C)C)ncc1C(=O)N1CCn2cccc2C1c1cccnc1. The highest BCUT2D eigenvalue weighted by Gasteiger charge is 2.33. The van der Waals surface area contributed by atoms with Gasteiger partial charge in [-0.05, 0) is 30.7 Å². The lowest BCUT2D eigenvalue weighted by molar-refractivity contribution is 0.0662.